The molecule has 0 radical (unpaired) electrons. The van der Waals surface area contributed by atoms with Gasteiger partial charge in [-0.3, -0.25) is 4.98 Å². The van der Waals surface area contributed by atoms with Gasteiger partial charge in [-0.25, -0.2) is 15.0 Å². The molecule has 0 amide bonds. The zero-order valence-corrected chi connectivity index (χ0v) is 29.0. The van der Waals surface area contributed by atoms with Gasteiger partial charge in [0.2, 0.25) is 0 Å². The summed E-state index contributed by atoms with van der Waals surface area (Å²) in [6, 6.07) is 44.3. The lowest BCUT2D eigenvalue weighted by Gasteiger charge is -2.44. The van der Waals surface area contributed by atoms with Crippen molar-refractivity contribution >= 4 is 10.8 Å². The Hall–Kier alpha value is -5.48. The van der Waals surface area contributed by atoms with Crippen molar-refractivity contribution in [1.82, 2.24) is 19.9 Å². The molecular formula is C45H40N4. The van der Waals surface area contributed by atoms with Crippen molar-refractivity contribution in [2.24, 2.45) is 5.41 Å². The van der Waals surface area contributed by atoms with E-state index >= 15 is 0 Å². The Morgan fingerprint density at radius 2 is 0.918 bits per heavy atom. The van der Waals surface area contributed by atoms with E-state index in [0.717, 1.165) is 49.8 Å². The number of fused-ring (bicyclic) bond motifs is 2. The zero-order valence-electron chi connectivity index (χ0n) is 29.0. The van der Waals surface area contributed by atoms with E-state index in [1.807, 2.05) is 66.9 Å². The number of rotatable bonds is 5. The van der Waals surface area contributed by atoms with Crippen molar-refractivity contribution in [3.8, 4) is 56.5 Å². The summed E-state index contributed by atoms with van der Waals surface area (Å²) in [5.74, 6) is 1.95. The van der Waals surface area contributed by atoms with Gasteiger partial charge in [0.15, 0.2) is 17.5 Å². The quantitative estimate of drug-likeness (QED) is 0.189. The summed E-state index contributed by atoms with van der Waals surface area (Å²) in [5.41, 5.74) is 10.3. The number of hydrogen-bond acceptors (Lipinski definition) is 4. The van der Waals surface area contributed by atoms with Crippen molar-refractivity contribution < 1.29 is 0 Å². The summed E-state index contributed by atoms with van der Waals surface area (Å²) in [5, 5.41) is 2.21. The average Bonchev–Trinajstić information content (AvgIpc) is 3.24. The van der Waals surface area contributed by atoms with E-state index < -0.39 is 0 Å². The molecule has 4 nitrogen and oxygen atoms in total. The summed E-state index contributed by atoms with van der Waals surface area (Å²) in [7, 11) is 0. The molecule has 0 saturated carbocycles. The van der Waals surface area contributed by atoms with Gasteiger partial charge in [-0.1, -0.05) is 151 Å². The molecule has 0 atom stereocenters. The third-order valence-electron chi connectivity index (χ3n) is 11.7. The molecule has 0 saturated heterocycles. The SMILES string of the molecule is CC1(C)c2ccc(-c3ccc(-c4ccc(-c5nc(-c6ccccc6)nc(-c6ccccc6)n5)c5ccccc45)cn3)cc2C(C)(C)C1(C)C. The van der Waals surface area contributed by atoms with Crippen LogP contribution in [0.5, 0.6) is 0 Å². The minimum Gasteiger partial charge on any atom is -0.256 e. The fraction of sp³-hybridized carbons (Fsp3) is 0.200. The predicted octanol–water partition coefficient (Wildman–Crippen LogP) is 11.3. The first-order chi connectivity index (χ1) is 23.6. The summed E-state index contributed by atoms with van der Waals surface area (Å²) in [6.45, 7) is 14.3. The van der Waals surface area contributed by atoms with Crippen molar-refractivity contribution in [3.05, 3.63) is 145 Å². The molecule has 1 aliphatic carbocycles. The first-order valence-corrected chi connectivity index (χ1v) is 17.1. The van der Waals surface area contributed by atoms with Gasteiger partial charge < -0.3 is 0 Å². The van der Waals surface area contributed by atoms with Gasteiger partial charge in [0, 0.05) is 34.0 Å². The van der Waals surface area contributed by atoms with E-state index in [9.17, 15) is 0 Å². The zero-order chi connectivity index (χ0) is 34.0. The van der Waals surface area contributed by atoms with Gasteiger partial charge in [-0.05, 0) is 61.9 Å². The van der Waals surface area contributed by atoms with Crippen LogP contribution in [0.3, 0.4) is 0 Å². The van der Waals surface area contributed by atoms with Crippen molar-refractivity contribution in [1.29, 1.82) is 0 Å². The molecule has 49 heavy (non-hydrogen) atoms. The van der Waals surface area contributed by atoms with Crippen molar-refractivity contribution in [3.63, 3.8) is 0 Å². The van der Waals surface area contributed by atoms with Crippen LogP contribution in [-0.4, -0.2) is 19.9 Å². The van der Waals surface area contributed by atoms with E-state index in [-0.39, 0.29) is 16.2 Å². The van der Waals surface area contributed by atoms with E-state index in [4.69, 9.17) is 19.9 Å². The van der Waals surface area contributed by atoms with Crippen LogP contribution in [-0.2, 0) is 10.8 Å². The van der Waals surface area contributed by atoms with E-state index in [1.165, 1.54) is 11.1 Å². The molecule has 2 heterocycles. The molecule has 4 heteroatoms. The van der Waals surface area contributed by atoms with Crippen molar-refractivity contribution in [2.75, 3.05) is 0 Å². The van der Waals surface area contributed by atoms with Gasteiger partial charge in [0.25, 0.3) is 0 Å². The normalized spacial score (nSPS) is 15.6. The van der Waals surface area contributed by atoms with Crippen molar-refractivity contribution in [2.45, 2.75) is 52.4 Å². The fourth-order valence-corrected chi connectivity index (χ4v) is 7.62. The topological polar surface area (TPSA) is 51.6 Å². The second-order valence-corrected chi connectivity index (χ2v) is 14.8. The Labute approximate surface area is 289 Å². The summed E-state index contributed by atoms with van der Waals surface area (Å²) >= 11 is 0. The van der Waals surface area contributed by atoms with E-state index in [2.05, 4.69) is 108 Å². The summed E-state index contributed by atoms with van der Waals surface area (Å²) < 4.78 is 0. The highest BCUT2D eigenvalue weighted by Crippen LogP contribution is 2.61. The molecular weight excluding hydrogens is 597 g/mol. The highest BCUT2D eigenvalue weighted by molar-refractivity contribution is 6.04. The molecule has 240 valence electrons. The second-order valence-electron chi connectivity index (χ2n) is 14.8. The Kier molecular flexibility index (Phi) is 7.11. The molecule has 0 spiro atoms. The van der Waals surface area contributed by atoms with Crippen LogP contribution >= 0.6 is 0 Å². The lowest BCUT2D eigenvalue weighted by atomic mass is 9.59. The van der Waals surface area contributed by atoms with Crippen LogP contribution in [0.2, 0.25) is 0 Å². The third kappa shape index (κ3) is 4.89. The molecule has 8 rings (SSSR count). The van der Waals surface area contributed by atoms with Gasteiger partial charge in [-0.15, -0.1) is 0 Å². The average molecular weight is 637 g/mol. The van der Waals surface area contributed by atoms with Gasteiger partial charge >= 0.3 is 0 Å². The number of nitrogens with zero attached hydrogens (tertiary/aromatic N) is 4. The van der Waals surface area contributed by atoms with Gasteiger partial charge in [0.05, 0.1) is 5.69 Å². The Morgan fingerprint density at radius 3 is 1.51 bits per heavy atom. The molecule has 0 aliphatic heterocycles. The largest absolute Gasteiger partial charge is 0.256 e. The van der Waals surface area contributed by atoms with Crippen LogP contribution in [0.25, 0.3) is 67.3 Å². The number of aromatic nitrogens is 4. The van der Waals surface area contributed by atoms with Gasteiger partial charge in [-0.2, -0.15) is 0 Å². The molecule has 2 aromatic heterocycles. The Bertz CT molecular complexity index is 2280. The minimum absolute atomic E-state index is 0.0463. The molecule has 0 bridgehead atoms. The van der Waals surface area contributed by atoms with Crippen LogP contribution in [0.15, 0.2) is 134 Å². The van der Waals surface area contributed by atoms with Crippen LogP contribution < -0.4 is 0 Å². The maximum Gasteiger partial charge on any atom is 0.164 e. The predicted molar refractivity (Wildman–Crippen MR) is 202 cm³/mol. The Balaban J connectivity index is 1.20. The van der Waals surface area contributed by atoms with E-state index in [0.29, 0.717) is 17.5 Å². The molecule has 0 unspecified atom stereocenters. The van der Waals surface area contributed by atoms with Crippen LogP contribution in [0.4, 0.5) is 0 Å². The standard InChI is InChI=1S/C45H40N4/c1-43(2)37-25-21-31(27-38(37)44(3,4)45(43,5)6)39-26-22-32(28-46-39)33-23-24-36(35-20-14-13-19-34(33)35)42-48-40(29-15-9-7-10-16-29)47-41(49-42)30-17-11-8-12-18-30/h7-28H,1-6H3. The highest BCUT2D eigenvalue weighted by Gasteiger charge is 2.56. The molecule has 5 aromatic carbocycles. The number of benzene rings is 5. The van der Waals surface area contributed by atoms with E-state index in [1.54, 1.807) is 0 Å². The first-order valence-electron chi connectivity index (χ1n) is 17.1. The first kappa shape index (κ1) is 30.8. The number of pyridine rings is 1. The van der Waals surface area contributed by atoms with Crippen LogP contribution in [0.1, 0.15) is 52.7 Å². The fourth-order valence-electron chi connectivity index (χ4n) is 7.62. The lowest BCUT2D eigenvalue weighted by Crippen LogP contribution is -2.42. The lowest BCUT2D eigenvalue weighted by molar-refractivity contribution is 0.125. The Morgan fingerprint density at radius 1 is 0.408 bits per heavy atom. The molecule has 0 N–H and O–H groups in total. The van der Waals surface area contributed by atoms with Gasteiger partial charge in [0.1, 0.15) is 0 Å². The maximum atomic E-state index is 5.02. The monoisotopic (exact) mass is 636 g/mol. The molecule has 0 fully saturated rings. The second kappa shape index (κ2) is 11.3. The van der Waals surface area contributed by atoms with Crippen LogP contribution in [0, 0.1) is 5.41 Å². The molecule has 7 aromatic rings. The summed E-state index contributed by atoms with van der Waals surface area (Å²) in [4.78, 5) is 19.9. The number of hydrogen-bond donors (Lipinski definition) is 0. The highest BCUT2D eigenvalue weighted by atomic mass is 15.0. The smallest absolute Gasteiger partial charge is 0.164 e. The molecule has 1 aliphatic rings. The maximum absolute atomic E-state index is 5.02. The third-order valence-corrected chi connectivity index (χ3v) is 11.7. The summed E-state index contributed by atoms with van der Waals surface area (Å²) in [6.07, 6.45) is 2.01. The minimum atomic E-state index is 0.0463.